The molecule has 1 saturated heterocycles. The van der Waals surface area contributed by atoms with Crippen LogP contribution < -0.4 is 4.74 Å². The molecule has 1 amide bonds. The van der Waals surface area contributed by atoms with E-state index in [9.17, 15) is 4.79 Å². The number of amides is 1. The molecule has 0 aliphatic carbocycles. The number of fused-ring (bicyclic) bond motifs is 1. The summed E-state index contributed by atoms with van der Waals surface area (Å²) in [6.45, 7) is 1.55. The van der Waals surface area contributed by atoms with Crippen LogP contribution in [0.15, 0.2) is 54.9 Å². The van der Waals surface area contributed by atoms with Crippen molar-refractivity contribution in [1.29, 1.82) is 0 Å². The van der Waals surface area contributed by atoms with E-state index in [4.69, 9.17) is 4.74 Å². The highest BCUT2D eigenvalue weighted by molar-refractivity contribution is 5.96. The number of methoxy groups -OCH3 is 1. The molecule has 1 aliphatic rings. The topological polar surface area (TPSA) is 55.3 Å². The Kier molecular flexibility index (Phi) is 5.01. The standard InChI is InChI=1S/C22H23N3O2/c1-27-21-19(7-3-11-24-21)22(26)25-12-4-5-17(15-25)13-16-8-9-20-18(14-16)6-2-10-23-20/h2-3,6-11,14,17H,4-5,12-13,15H2,1H3. The average molecular weight is 361 g/mol. The minimum absolute atomic E-state index is 0.00682. The SMILES string of the molecule is COc1ncccc1C(=O)N1CCCC(Cc2ccc3ncccc3c2)C1. The van der Waals surface area contributed by atoms with Crippen molar-refractivity contribution >= 4 is 16.8 Å². The highest BCUT2D eigenvalue weighted by Gasteiger charge is 2.26. The van der Waals surface area contributed by atoms with Crippen LogP contribution in [0.4, 0.5) is 0 Å². The molecule has 4 rings (SSSR count). The van der Waals surface area contributed by atoms with E-state index in [1.54, 1.807) is 25.4 Å². The molecule has 1 fully saturated rings. The zero-order chi connectivity index (χ0) is 18.6. The van der Waals surface area contributed by atoms with E-state index in [0.29, 0.717) is 17.4 Å². The Balaban J connectivity index is 1.48. The number of benzene rings is 1. The molecule has 0 saturated carbocycles. The van der Waals surface area contributed by atoms with Crippen LogP contribution in [0.3, 0.4) is 0 Å². The van der Waals surface area contributed by atoms with Gasteiger partial charge in [0.05, 0.1) is 12.6 Å². The quantitative estimate of drug-likeness (QED) is 0.710. The number of likely N-dealkylation sites (tertiary alicyclic amines) is 1. The van der Waals surface area contributed by atoms with Crippen LogP contribution in [-0.4, -0.2) is 41.0 Å². The lowest BCUT2D eigenvalue weighted by Crippen LogP contribution is -2.40. The Morgan fingerprint density at radius 1 is 1.19 bits per heavy atom. The maximum absolute atomic E-state index is 12.9. The molecular formula is C22H23N3O2. The number of piperidine rings is 1. The second-order valence-corrected chi connectivity index (χ2v) is 7.05. The molecular weight excluding hydrogens is 338 g/mol. The molecule has 3 aromatic rings. The summed E-state index contributed by atoms with van der Waals surface area (Å²) in [5, 5.41) is 1.17. The molecule has 138 valence electrons. The van der Waals surface area contributed by atoms with Crippen LogP contribution in [0, 0.1) is 5.92 Å². The van der Waals surface area contributed by atoms with Crippen molar-refractivity contribution in [1.82, 2.24) is 14.9 Å². The van der Waals surface area contributed by atoms with Crippen molar-refractivity contribution in [3.63, 3.8) is 0 Å². The van der Waals surface area contributed by atoms with Gasteiger partial charge in [0, 0.05) is 30.9 Å². The van der Waals surface area contributed by atoms with Gasteiger partial charge in [-0.05, 0) is 61.1 Å². The Morgan fingerprint density at radius 3 is 2.93 bits per heavy atom. The van der Waals surface area contributed by atoms with Gasteiger partial charge < -0.3 is 9.64 Å². The number of hydrogen-bond acceptors (Lipinski definition) is 4. The van der Waals surface area contributed by atoms with Gasteiger partial charge in [-0.1, -0.05) is 12.1 Å². The number of carbonyl (C=O) groups is 1. The van der Waals surface area contributed by atoms with Crippen LogP contribution in [0.1, 0.15) is 28.8 Å². The molecule has 0 radical (unpaired) electrons. The number of nitrogens with zero attached hydrogens (tertiary/aromatic N) is 3. The van der Waals surface area contributed by atoms with Crippen LogP contribution in [-0.2, 0) is 6.42 Å². The van der Waals surface area contributed by atoms with E-state index in [-0.39, 0.29) is 5.91 Å². The van der Waals surface area contributed by atoms with Crippen molar-refractivity contribution in [3.8, 4) is 5.88 Å². The monoisotopic (exact) mass is 361 g/mol. The summed E-state index contributed by atoms with van der Waals surface area (Å²) < 4.78 is 5.26. The molecule has 0 bridgehead atoms. The van der Waals surface area contributed by atoms with Gasteiger partial charge in [-0.25, -0.2) is 4.98 Å². The molecule has 2 aromatic heterocycles. The van der Waals surface area contributed by atoms with Gasteiger partial charge in [0.15, 0.2) is 0 Å². The smallest absolute Gasteiger partial charge is 0.259 e. The van der Waals surface area contributed by atoms with Gasteiger partial charge in [0.1, 0.15) is 5.56 Å². The number of aromatic nitrogens is 2. The summed E-state index contributed by atoms with van der Waals surface area (Å²) in [5.41, 5.74) is 2.86. The Bertz CT molecular complexity index is 957. The van der Waals surface area contributed by atoms with Crippen LogP contribution in [0.2, 0.25) is 0 Å². The fraction of sp³-hybridized carbons (Fsp3) is 0.318. The minimum atomic E-state index is 0.00682. The van der Waals surface area contributed by atoms with Crippen molar-refractivity contribution in [3.05, 3.63) is 66.0 Å². The summed E-state index contributed by atoms with van der Waals surface area (Å²) in [6, 6.07) is 14.1. The van der Waals surface area contributed by atoms with Gasteiger partial charge in [-0.2, -0.15) is 0 Å². The molecule has 5 nitrogen and oxygen atoms in total. The fourth-order valence-electron chi connectivity index (χ4n) is 3.89. The highest BCUT2D eigenvalue weighted by atomic mass is 16.5. The van der Waals surface area contributed by atoms with Crippen molar-refractivity contribution in [2.75, 3.05) is 20.2 Å². The Labute approximate surface area is 159 Å². The van der Waals surface area contributed by atoms with Crippen molar-refractivity contribution < 1.29 is 9.53 Å². The third-order valence-corrected chi connectivity index (χ3v) is 5.19. The minimum Gasteiger partial charge on any atom is -0.480 e. The number of carbonyl (C=O) groups excluding carboxylic acids is 1. The lowest BCUT2D eigenvalue weighted by molar-refractivity contribution is 0.0669. The first-order valence-electron chi connectivity index (χ1n) is 9.36. The maximum atomic E-state index is 12.9. The normalized spacial score (nSPS) is 17.1. The summed E-state index contributed by atoms with van der Waals surface area (Å²) in [5.74, 6) is 0.860. The van der Waals surface area contributed by atoms with Gasteiger partial charge in [-0.3, -0.25) is 9.78 Å². The van der Waals surface area contributed by atoms with E-state index < -0.39 is 0 Å². The molecule has 1 aromatic carbocycles. The van der Waals surface area contributed by atoms with E-state index in [2.05, 4.69) is 34.2 Å². The maximum Gasteiger partial charge on any atom is 0.259 e. The molecule has 1 aliphatic heterocycles. The number of rotatable bonds is 4. The summed E-state index contributed by atoms with van der Waals surface area (Å²) >= 11 is 0. The molecule has 0 spiro atoms. The predicted molar refractivity (Wildman–Crippen MR) is 105 cm³/mol. The molecule has 27 heavy (non-hydrogen) atoms. The largest absolute Gasteiger partial charge is 0.480 e. The summed E-state index contributed by atoms with van der Waals surface area (Å²) in [6.07, 6.45) is 6.59. The number of ether oxygens (including phenoxy) is 1. The van der Waals surface area contributed by atoms with Crippen molar-refractivity contribution in [2.45, 2.75) is 19.3 Å². The average Bonchev–Trinajstić information content (AvgIpc) is 2.73. The lowest BCUT2D eigenvalue weighted by Gasteiger charge is -2.33. The molecule has 5 heteroatoms. The van der Waals surface area contributed by atoms with E-state index in [1.165, 1.54) is 10.9 Å². The van der Waals surface area contributed by atoms with Crippen LogP contribution in [0.5, 0.6) is 5.88 Å². The summed E-state index contributed by atoms with van der Waals surface area (Å²) in [4.78, 5) is 23.4. The first kappa shape index (κ1) is 17.5. The molecule has 1 atom stereocenters. The zero-order valence-corrected chi connectivity index (χ0v) is 15.5. The van der Waals surface area contributed by atoms with E-state index >= 15 is 0 Å². The zero-order valence-electron chi connectivity index (χ0n) is 15.5. The van der Waals surface area contributed by atoms with Gasteiger partial charge in [0.25, 0.3) is 5.91 Å². The third kappa shape index (κ3) is 3.77. The fourth-order valence-corrected chi connectivity index (χ4v) is 3.89. The van der Waals surface area contributed by atoms with Crippen molar-refractivity contribution in [2.24, 2.45) is 5.92 Å². The van der Waals surface area contributed by atoms with Crippen LogP contribution in [0.25, 0.3) is 10.9 Å². The first-order chi connectivity index (χ1) is 13.2. The highest BCUT2D eigenvalue weighted by Crippen LogP contribution is 2.25. The number of hydrogen-bond donors (Lipinski definition) is 0. The third-order valence-electron chi connectivity index (χ3n) is 5.19. The Hall–Kier alpha value is -2.95. The van der Waals surface area contributed by atoms with E-state index in [0.717, 1.165) is 37.9 Å². The van der Waals surface area contributed by atoms with Gasteiger partial charge in [-0.15, -0.1) is 0 Å². The summed E-state index contributed by atoms with van der Waals surface area (Å²) in [7, 11) is 1.55. The molecule has 1 unspecified atom stereocenters. The second-order valence-electron chi connectivity index (χ2n) is 7.05. The molecule has 0 N–H and O–H groups in total. The molecule has 3 heterocycles. The Morgan fingerprint density at radius 2 is 2.04 bits per heavy atom. The van der Waals surface area contributed by atoms with E-state index in [1.807, 2.05) is 17.2 Å². The first-order valence-corrected chi connectivity index (χ1v) is 9.36. The second kappa shape index (κ2) is 7.74. The predicted octanol–water partition coefficient (Wildman–Crippen LogP) is 3.73. The lowest BCUT2D eigenvalue weighted by atomic mass is 9.90. The number of pyridine rings is 2. The van der Waals surface area contributed by atoms with Gasteiger partial charge in [0.2, 0.25) is 5.88 Å². The van der Waals surface area contributed by atoms with Gasteiger partial charge >= 0.3 is 0 Å². The van der Waals surface area contributed by atoms with Crippen LogP contribution >= 0.6 is 0 Å².